The number of phenolic OH excluding ortho intramolecular Hbond substituents is 1. The van der Waals surface area contributed by atoms with E-state index in [-0.39, 0.29) is 76.3 Å². The van der Waals surface area contributed by atoms with Crippen molar-refractivity contribution in [2.24, 2.45) is 0 Å². The summed E-state index contributed by atoms with van der Waals surface area (Å²) in [6.45, 7) is 4.00. The lowest BCUT2D eigenvalue weighted by molar-refractivity contribution is 0.473. The Kier molecular flexibility index (Phi) is 16.9. The van der Waals surface area contributed by atoms with Gasteiger partial charge in [-0.2, -0.15) is 63.6 Å². The van der Waals surface area contributed by atoms with Crippen LogP contribution in [0.1, 0.15) is 13.8 Å². The molecule has 0 saturated heterocycles. The average molecular weight is 1050 g/mol. The molecule has 346 valence electrons. The van der Waals surface area contributed by atoms with Gasteiger partial charge in [0.1, 0.15) is 25.3 Å². The van der Waals surface area contributed by atoms with E-state index < -0.39 is 73.1 Å². The Hall–Kier alpha value is -5.64. The van der Waals surface area contributed by atoms with E-state index in [1.54, 1.807) is 0 Å². The van der Waals surface area contributed by atoms with Gasteiger partial charge in [-0.3, -0.25) is 18.2 Å². The summed E-state index contributed by atoms with van der Waals surface area (Å²) in [6, 6.07) is 9.08. The molecule has 6 rings (SSSR count). The number of fused-ring (bicyclic) bond motifs is 1. The fourth-order valence-electron chi connectivity index (χ4n) is 4.73. The lowest BCUT2D eigenvalue weighted by Crippen LogP contribution is -2.08. The molecule has 0 unspecified atom stereocenters. The van der Waals surface area contributed by atoms with Crippen LogP contribution >= 0.6 is 46.4 Å². The monoisotopic (exact) mass is 1050 g/mol. The molecular weight excluding hydrogens is 1020 g/mol. The number of phenols is 1. The second kappa shape index (κ2) is 20.5. The predicted octanol–water partition coefficient (Wildman–Crippen LogP) is 4.31. The van der Waals surface area contributed by atoms with Crippen molar-refractivity contribution in [3.63, 3.8) is 0 Å². The molecule has 0 aliphatic heterocycles. The smallest absolute Gasteiger partial charge is 0.296 e. The summed E-state index contributed by atoms with van der Waals surface area (Å²) in [7, 11) is -18.4. The van der Waals surface area contributed by atoms with Crippen molar-refractivity contribution in [1.82, 2.24) is 29.9 Å². The molecule has 34 heteroatoms. The van der Waals surface area contributed by atoms with E-state index in [2.05, 4.69) is 40.5 Å². The lowest BCUT2D eigenvalue weighted by atomic mass is 10.1. The SMILES string of the molecule is CC.Nc1c(S(=O)(=O)O)cc2cc(S(=O)(=O)O)c(N)c(O)c2c1N.Nc1ccc(S(=O)(=O)O)c(Nc2nc(Cl)nc(Cl)n2)c1.Nc1ccc(S(=O)(=O)O)c(Nc2nc(Cl)nc(Cl)n2)c1. The van der Waals surface area contributed by atoms with Gasteiger partial charge in [0.2, 0.25) is 33.0 Å². The van der Waals surface area contributed by atoms with Crippen LogP contribution < -0.4 is 39.3 Å². The Bertz CT molecular complexity index is 2980. The van der Waals surface area contributed by atoms with Gasteiger partial charge in [0, 0.05) is 11.4 Å². The van der Waals surface area contributed by atoms with E-state index in [1.165, 1.54) is 24.3 Å². The molecule has 2 aromatic heterocycles. The standard InChI is InChI=1S/C10H11N3O7S2.2C9H7Cl2N5O3S.C2H6/c11-7-4(21(15,16)17)1-3-2-5(22(18,19)20)8(12)10(14)6(3)9(7)13;2*10-7-14-8(11)16-9(15-7)13-5-3-4(12)1-2-6(5)20(17,18)19;1-2/h1-2,14H,11-13H2,(H,15,16,17)(H,18,19,20);2*1-3H,12H2,(H,17,18,19)(H,13,14,15,16);1-2H3. The fourth-order valence-corrected chi connectivity index (χ4v) is 8.03. The summed E-state index contributed by atoms with van der Waals surface area (Å²) in [4.78, 5) is 19.5. The summed E-state index contributed by atoms with van der Waals surface area (Å²) in [6.07, 6.45) is 0. The molecule has 17 N–H and O–H groups in total. The fraction of sp³-hybridized carbons (Fsp3) is 0.0667. The van der Waals surface area contributed by atoms with Crippen molar-refractivity contribution in [1.29, 1.82) is 0 Å². The minimum absolute atomic E-state index is 0.0224. The van der Waals surface area contributed by atoms with Gasteiger partial charge in [-0.25, -0.2) is 0 Å². The van der Waals surface area contributed by atoms with Gasteiger partial charge < -0.3 is 44.4 Å². The van der Waals surface area contributed by atoms with Crippen molar-refractivity contribution in [2.45, 2.75) is 33.4 Å². The number of aromatic hydroxyl groups is 1. The number of hydrogen-bond donors (Lipinski definition) is 12. The zero-order valence-corrected chi connectivity index (χ0v) is 38.1. The number of nitrogen functional groups attached to an aromatic ring is 5. The summed E-state index contributed by atoms with van der Waals surface area (Å²) < 4.78 is 126. The van der Waals surface area contributed by atoms with E-state index in [1.807, 2.05) is 13.8 Å². The van der Waals surface area contributed by atoms with E-state index >= 15 is 0 Å². The van der Waals surface area contributed by atoms with Crippen LogP contribution in [0, 0.1) is 0 Å². The van der Waals surface area contributed by atoms with Crippen LogP contribution in [-0.4, -0.2) is 86.9 Å². The van der Waals surface area contributed by atoms with Gasteiger partial charge in [0.05, 0.1) is 33.8 Å². The number of nitrogens with one attached hydrogen (secondary N) is 2. The minimum atomic E-state index is -4.79. The molecule has 0 amide bonds. The zero-order valence-electron chi connectivity index (χ0n) is 31.8. The maximum Gasteiger partial charge on any atom is 0.296 e. The van der Waals surface area contributed by atoms with Crippen LogP contribution in [0.4, 0.5) is 51.7 Å². The van der Waals surface area contributed by atoms with E-state index in [0.29, 0.717) is 0 Å². The van der Waals surface area contributed by atoms with Gasteiger partial charge in [-0.1, -0.05) is 13.8 Å². The van der Waals surface area contributed by atoms with Gasteiger partial charge in [-0.15, -0.1) is 0 Å². The number of nitrogens with zero attached hydrogens (tertiary/aromatic N) is 6. The molecule has 0 atom stereocenters. The first-order chi connectivity index (χ1) is 29.4. The quantitative estimate of drug-likeness (QED) is 0.0574. The average Bonchev–Trinajstić information content (AvgIpc) is 3.13. The van der Waals surface area contributed by atoms with Gasteiger partial charge in [0.25, 0.3) is 40.5 Å². The molecule has 26 nitrogen and oxygen atoms in total. The van der Waals surface area contributed by atoms with E-state index in [4.69, 9.17) is 93.3 Å². The summed E-state index contributed by atoms with van der Waals surface area (Å²) in [5.74, 6) is -0.979. The molecule has 0 fully saturated rings. The number of anilines is 9. The highest BCUT2D eigenvalue weighted by atomic mass is 35.5. The Balaban J connectivity index is 0.000000251. The van der Waals surface area contributed by atoms with Gasteiger partial charge >= 0.3 is 0 Å². The van der Waals surface area contributed by atoms with Crippen LogP contribution in [0.2, 0.25) is 21.1 Å². The molecule has 0 radical (unpaired) electrons. The van der Waals surface area contributed by atoms with E-state index in [9.17, 15) is 38.8 Å². The molecule has 4 aromatic carbocycles. The van der Waals surface area contributed by atoms with Crippen molar-refractivity contribution >= 4 is 149 Å². The van der Waals surface area contributed by atoms with Crippen LogP contribution in [0.5, 0.6) is 5.75 Å². The third-order valence-corrected chi connectivity index (χ3v) is 11.5. The van der Waals surface area contributed by atoms with Crippen molar-refractivity contribution in [2.75, 3.05) is 39.3 Å². The number of rotatable bonds is 8. The number of hydrogen-bond acceptors (Lipinski definition) is 22. The molecule has 0 saturated carbocycles. The molecule has 64 heavy (non-hydrogen) atoms. The molecule has 2 heterocycles. The summed E-state index contributed by atoms with van der Waals surface area (Å²) in [5, 5.41) is 13.9. The number of benzene rings is 4. The number of nitrogens with two attached hydrogens (primary N) is 5. The topological polar surface area (TPSA) is 469 Å². The first-order valence-corrected chi connectivity index (χ1v) is 23.6. The first kappa shape index (κ1) is 52.7. The first-order valence-electron chi connectivity index (χ1n) is 16.4. The highest BCUT2D eigenvalue weighted by Gasteiger charge is 2.25. The summed E-state index contributed by atoms with van der Waals surface area (Å²) >= 11 is 22.4. The van der Waals surface area contributed by atoms with Crippen molar-refractivity contribution in [3.8, 4) is 5.75 Å². The third kappa shape index (κ3) is 13.7. The Morgan fingerprint density at radius 2 is 0.781 bits per heavy atom. The summed E-state index contributed by atoms with van der Waals surface area (Å²) in [5.41, 5.74) is 26.5. The Morgan fingerprint density at radius 3 is 1.09 bits per heavy atom. The normalized spacial score (nSPS) is 11.5. The number of aromatic nitrogens is 6. The molecular formula is C30H31Cl4N13O13S4. The Morgan fingerprint density at radius 1 is 0.469 bits per heavy atom. The highest BCUT2D eigenvalue weighted by Crippen LogP contribution is 2.43. The maximum absolute atomic E-state index is 11.3. The molecule has 6 aromatic rings. The highest BCUT2D eigenvalue weighted by molar-refractivity contribution is 7.86. The maximum atomic E-state index is 11.3. The zero-order chi connectivity index (χ0) is 48.9. The van der Waals surface area contributed by atoms with Crippen LogP contribution in [0.15, 0.2) is 68.1 Å². The molecule has 0 aliphatic carbocycles. The molecule has 0 aliphatic rings. The Labute approximate surface area is 382 Å². The van der Waals surface area contributed by atoms with Gasteiger partial charge in [-0.05, 0) is 100 Å². The lowest BCUT2D eigenvalue weighted by Gasteiger charge is -2.14. The van der Waals surface area contributed by atoms with Crippen LogP contribution in [0.25, 0.3) is 10.8 Å². The van der Waals surface area contributed by atoms with Gasteiger partial charge in [0.15, 0.2) is 0 Å². The van der Waals surface area contributed by atoms with Crippen LogP contribution in [-0.2, 0) is 40.5 Å². The van der Waals surface area contributed by atoms with Crippen molar-refractivity contribution in [3.05, 3.63) is 69.7 Å². The second-order valence-corrected chi connectivity index (χ2v) is 18.4. The third-order valence-electron chi connectivity index (χ3n) is 7.22. The second-order valence-electron chi connectivity index (χ2n) is 11.5. The number of halogens is 4. The van der Waals surface area contributed by atoms with E-state index in [0.717, 1.165) is 24.3 Å². The van der Waals surface area contributed by atoms with Crippen LogP contribution in [0.3, 0.4) is 0 Å². The molecule has 0 spiro atoms. The minimum Gasteiger partial charge on any atom is -0.505 e. The molecule has 0 bridgehead atoms. The predicted molar refractivity (Wildman–Crippen MR) is 237 cm³/mol. The van der Waals surface area contributed by atoms with Crippen molar-refractivity contribution < 1.29 is 57.0 Å². The largest absolute Gasteiger partial charge is 0.505 e.